The fourth-order valence-corrected chi connectivity index (χ4v) is 3.14. The van der Waals surface area contributed by atoms with E-state index in [1.54, 1.807) is 0 Å². The molecule has 0 aromatic heterocycles. The van der Waals surface area contributed by atoms with Crippen molar-refractivity contribution >= 4 is 16.7 Å². The molecule has 2 atom stereocenters. The highest BCUT2D eigenvalue weighted by atomic mass is 16.5. The Morgan fingerprint density at radius 1 is 1.23 bits per heavy atom. The average Bonchev–Trinajstić information content (AvgIpc) is 2.54. The van der Waals surface area contributed by atoms with Gasteiger partial charge in [-0.3, -0.25) is 4.79 Å². The maximum atomic E-state index is 12.5. The molecule has 1 aliphatic heterocycles. The minimum Gasteiger partial charge on any atom is -0.481 e. The molecule has 1 heterocycles. The van der Waals surface area contributed by atoms with Crippen molar-refractivity contribution in [3.8, 4) is 5.75 Å². The third-order valence-corrected chi connectivity index (χ3v) is 4.35. The van der Waals surface area contributed by atoms with E-state index in [4.69, 9.17) is 4.74 Å². The van der Waals surface area contributed by atoms with Crippen LogP contribution in [0.4, 0.5) is 0 Å². The number of carbonyl (C=O) groups is 1. The number of hydrogen-bond acceptors (Lipinski definition) is 2. The first-order valence-electron chi connectivity index (χ1n) is 8.08. The van der Waals surface area contributed by atoms with E-state index in [0.29, 0.717) is 5.92 Å². The zero-order valence-electron chi connectivity index (χ0n) is 13.3. The van der Waals surface area contributed by atoms with E-state index in [2.05, 4.69) is 19.1 Å². The lowest BCUT2D eigenvalue weighted by Gasteiger charge is -2.32. The smallest absolute Gasteiger partial charge is 0.263 e. The summed E-state index contributed by atoms with van der Waals surface area (Å²) in [6.07, 6.45) is 1.87. The lowest BCUT2D eigenvalue weighted by molar-refractivity contribution is -0.139. The Bertz CT molecular complexity index is 667. The van der Waals surface area contributed by atoms with E-state index in [1.165, 1.54) is 11.8 Å². The van der Waals surface area contributed by atoms with Crippen molar-refractivity contribution < 1.29 is 9.53 Å². The number of likely N-dealkylation sites (tertiary alicyclic amines) is 1. The van der Waals surface area contributed by atoms with Crippen LogP contribution >= 0.6 is 0 Å². The van der Waals surface area contributed by atoms with E-state index in [9.17, 15) is 4.79 Å². The Morgan fingerprint density at radius 2 is 2.00 bits per heavy atom. The standard InChI is InChI=1S/C19H23NO2/c1-14-6-5-11-20(13-14)19(21)15(2)22-18-10-9-16-7-3-4-8-17(16)12-18/h3-4,7-10,12,14-15H,5-6,11,13H2,1-2H3/t14-,15-/m0/s1. The van der Waals surface area contributed by atoms with Gasteiger partial charge < -0.3 is 9.64 Å². The topological polar surface area (TPSA) is 29.5 Å². The number of ether oxygens (including phenoxy) is 1. The summed E-state index contributed by atoms with van der Waals surface area (Å²) < 4.78 is 5.88. The Balaban J connectivity index is 1.69. The first-order chi connectivity index (χ1) is 10.6. The van der Waals surface area contributed by atoms with Gasteiger partial charge in [0.05, 0.1) is 0 Å². The monoisotopic (exact) mass is 297 g/mol. The summed E-state index contributed by atoms with van der Waals surface area (Å²) in [7, 11) is 0. The number of rotatable bonds is 3. The van der Waals surface area contributed by atoms with Crippen LogP contribution in [0.2, 0.25) is 0 Å². The van der Waals surface area contributed by atoms with Gasteiger partial charge in [-0.25, -0.2) is 0 Å². The van der Waals surface area contributed by atoms with Crippen molar-refractivity contribution in [1.29, 1.82) is 0 Å². The largest absolute Gasteiger partial charge is 0.481 e. The molecule has 0 unspecified atom stereocenters. The van der Waals surface area contributed by atoms with Crippen molar-refractivity contribution in [3.05, 3.63) is 42.5 Å². The molecule has 3 nitrogen and oxygen atoms in total. The zero-order valence-corrected chi connectivity index (χ0v) is 13.3. The highest BCUT2D eigenvalue weighted by Gasteiger charge is 2.26. The van der Waals surface area contributed by atoms with E-state index in [-0.39, 0.29) is 5.91 Å². The minimum atomic E-state index is -0.438. The van der Waals surface area contributed by atoms with E-state index >= 15 is 0 Å². The van der Waals surface area contributed by atoms with Gasteiger partial charge in [0.25, 0.3) is 5.91 Å². The predicted octanol–water partition coefficient (Wildman–Crippen LogP) is 3.87. The van der Waals surface area contributed by atoms with Gasteiger partial charge in [0.2, 0.25) is 0 Å². The zero-order chi connectivity index (χ0) is 15.5. The summed E-state index contributed by atoms with van der Waals surface area (Å²) in [5.74, 6) is 1.44. The van der Waals surface area contributed by atoms with Gasteiger partial charge >= 0.3 is 0 Å². The van der Waals surface area contributed by atoms with Crippen molar-refractivity contribution in [1.82, 2.24) is 4.90 Å². The van der Waals surface area contributed by atoms with Gasteiger partial charge in [-0.1, -0.05) is 37.3 Å². The van der Waals surface area contributed by atoms with E-state index in [0.717, 1.165) is 30.6 Å². The minimum absolute atomic E-state index is 0.0970. The summed E-state index contributed by atoms with van der Waals surface area (Å²) in [5.41, 5.74) is 0. The molecule has 0 N–H and O–H groups in total. The van der Waals surface area contributed by atoms with Crippen LogP contribution in [0.15, 0.2) is 42.5 Å². The fourth-order valence-electron chi connectivity index (χ4n) is 3.14. The van der Waals surface area contributed by atoms with Gasteiger partial charge in [-0.2, -0.15) is 0 Å². The molecule has 22 heavy (non-hydrogen) atoms. The maximum Gasteiger partial charge on any atom is 0.263 e. The first-order valence-corrected chi connectivity index (χ1v) is 8.08. The molecule has 1 aliphatic rings. The first kappa shape index (κ1) is 14.9. The summed E-state index contributed by atoms with van der Waals surface area (Å²) in [6, 6.07) is 14.1. The SMILES string of the molecule is C[C@H]1CCCN(C(=O)[C@H](C)Oc2ccc3ccccc3c2)C1. The van der Waals surface area contributed by atoms with Crippen molar-refractivity contribution in [3.63, 3.8) is 0 Å². The number of benzene rings is 2. The molecule has 116 valence electrons. The molecular weight excluding hydrogens is 274 g/mol. The van der Waals surface area contributed by atoms with Gasteiger partial charge in [0.1, 0.15) is 5.75 Å². The van der Waals surface area contributed by atoms with Gasteiger partial charge in [0.15, 0.2) is 6.10 Å². The molecule has 2 aromatic rings. The number of amides is 1. The molecule has 2 aromatic carbocycles. The second-order valence-electron chi connectivity index (χ2n) is 6.30. The van der Waals surface area contributed by atoms with Gasteiger partial charge in [-0.05, 0) is 48.6 Å². The quantitative estimate of drug-likeness (QED) is 0.861. The number of hydrogen-bond donors (Lipinski definition) is 0. The van der Waals surface area contributed by atoms with Crippen LogP contribution in [0.25, 0.3) is 10.8 Å². The van der Waals surface area contributed by atoms with Crippen molar-refractivity contribution in [2.45, 2.75) is 32.8 Å². The molecule has 1 fully saturated rings. The number of carbonyl (C=O) groups excluding carboxylic acids is 1. The molecule has 0 radical (unpaired) electrons. The summed E-state index contributed by atoms with van der Waals surface area (Å²) in [5, 5.41) is 2.31. The molecule has 0 spiro atoms. The number of nitrogens with zero attached hydrogens (tertiary/aromatic N) is 1. The van der Waals surface area contributed by atoms with E-state index in [1.807, 2.05) is 42.2 Å². The third-order valence-electron chi connectivity index (χ3n) is 4.35. The Hall–Kier alpha value is -2.03. The second-order valence-corrected chi connectivity index (χ2v) is 6.30. The van der Waals surface area contributed by atoms with Crippen molar-refractivity contribution in [2.75, 3.05) is 13.1 Å². The Kier molecular flexibility index (Phi) is 4.32. The molecular formula is C19H23NO2. The predicted molar refractivity (Wildman–Crippen MR) is 89.0 cm³/mol. The summed E-state index contributed by atoms with van der Waals surface area (Å²) >= 11 is 0. The molecule has 3 heteroatoms. The van der Waals surface area contributed by atoms with Crippen LogP contribution < -0.4 is 4.74 Å². The van der Waals surface area contributed by atoms with Gasteiger partial charge in [-0.15, -0.1) is 0 Å². The molecule has 1 amide bonds. The molecule has 0 saturated carbocycles. The summed E-state index contributed by atoms with van der Waals surface area (Å²) in [6.45, 7) is 5.75. The van der Waals surface area contributed by atoms with Crippen LogP contribution in [0, 0.1) is 5.92 Å². The van der Waals surface area contributed by atoms with Crippen molar-refractivity contribution in [2.24, 2.45) is 5.92 Å². The summed E-state index contributed by atoms with van der Waals surface area (Å²) in [4.78, 5) is 14.5. The lowest BCUT2D eigenvalue weighted by Crippen LogP contribution is -2.45. The third kappa shape index (κ3) is 3.24. The number of piperidine rings is 1. The maximum absolute atomic E-state index is 12.5. The normalized spacial score (nSPS) is 19.9. The highest BCUT2D eigenvalue weighted by molar-refractivity contribution is 5.84. The molecule has 0 aliphatic carbocycles. The molecule has 0 bridgehead atoms. The lowest BCUT2D eigenvalue weighted by atomic mass is 10.00. The van der Waals surface area contributed by atoms with E-state index < -0.39 is 6.10 Å². The average molecular weight is 297 g/mol. The second kappa shape index (κ2) is 6.39. The van der Waals surface area contributed by atoms with Gasteiger partial charge in [0, 0.05) is 13.1 Å². The van der Waals surface area contributed by atoms with Crippen LogP contribution in [0.5, 0.6) is 5.75 Å². The fraction of sp³-hybridized carbons (Fsp3) is 0.421. The van der Waals surface area contributed by atoms with Crippen LogP contribution in [-0.4, -0.2) is 30.0 Å². The number of fused-ring (bicyclic) bond motifs is 1. The Labute approximate surface area is 131 Å². The van der Waals surface area contributed by atoms with Crippen LogP contribution in [0.3, 0.4) is 0 Å². The molecule has 1 saturated heterocycles. The highest BCUT2D eigenvalue weighted by Crippen LogP contribution is 2.22. The Morgan fingerprint density at radius 3 is 2.77 bits per heavy atom. The van der Waals surface area contributed by atoms with Crippen LogP contribution in [0.1, 0.15) is 26.7 Å². The van der Waals surface area contributed by atoms with Crippen LogP contribution in [-0.2, 0) is 4.79 Å². The molecule has 3 rings (SSSR count).